The summed E-state index contributed by atoms with van der Waals surface area (Å²) in [5, 5.41) is 9.39. The minimum absolute atomic E-state index is 0.0147. The molecule has 1 amide bonds. The van der Waals surface area contributed by atoms with Crippen LogP contribution in [0.25, 0.3) is 0 Å². The second-order valence-corrected chi connectivity index (χ2v) is 7.83. The van der Waals surface area contributed by atoms with Crippen molar-refractivity contribution < 1.29 is 14.3 Å². The maximum absolute atomic E-state index is 13.1. The van der Waals surface area contributed by atoms with E-state index in [-0.39, 0.29) is 5.91 Å². The molecular weight excluding hydrogens is 378 g/mol. The summed E-state index contributed by atoms with van der Waals surface area (Å²) in [6.45, 7) is 7.55. The van der Waals surface area contributed by atoms with Crippen molar-refractivity contribution in [2.75, 3.05) is 44.8 Å². The molecule has 6 nitrogen and oxygen atoms in total. The molecule has 0 unspecified atom stereocenters. The Hall–Kier alpha value is -3.20. The van der Waals surface area contributed by atoms with Crippen LogP contribution in [0.1, 0.15) is 36.2 Å². The highest BCUT2D eigenvalue weighted by Crippen LogP contribution is 2.29. The van der Waals surface area contributed by atoms with Crippen LogP contribution in [0.4, 0.5) is 5.69 Å². The molecular formula is C24H29N3O3. The van der Waals surface area contributed by atoms with Gasteiger partial charge in [0.05, 0.1) is 25.0 Å². The van der Waals surface area contributed by atoms with Gasteiger partial charge in [-0.15, -0.1) is 0 Å². The quantitative estimate of drug-likeness (QED) is 0.725. The molecule has 1 heterocycles. The molecule has 0 aromatic heterocycles. The molecule has 0 atom stereocenters. The Morgan fingerprint density at radius 2 is 1.90 bits per heavy atom. The predicted octanol–water partition coefficient (Wildman–Crippen LogP) is 3.95. The van der Waals surface area contributed by atoms with Gasteiger partial charge in [-0.1, -0.05) is 26.0 Å². The van der Waals surface area contributed by atoms with Crippen molar-refractivity contribution in [3.63, 3.8) is 0 Å². The number of anilines is 1. The lowest BCUT2D eigenvalue weighted by Crippen LogP contribution is -2.35. The van der Waals surface area contributed by atoms with Crippen LogP contribution in [0.15, 0.2) is 42.5 Å². The van der Waals surface area contributed by atoms with Gasteiger partial charge in [0.25, 0.3) is 5.91 Å². The van der Waals surface area contributed by atoms with Crippen molar-refractivity contribution in [2.45, 2.75) is 20.3 Å². The van der Waals surface area contributed by atoms with Crippen LogP contribution < -0.4 is 14.4 Å². The first kappa shape index (κ1) is 21.5. The van der Waals surface area contributed by atoms with E-state index in [9.17, 15) is 10.1 Å². The molecule has 1 fully saturated rings. The fraction of sp³-hybridized carbons (Fsp3) is 0.417. The summed E-state index contributed by atoms with van der Waals surface area (Å²) in [7, 11) is 1.59. The molecule has 2 aromatic carbocycles. The largest absolute Gasteiger partial charge is 0.493 e. The molecule has 3 rings (SSSR count). The van der Waals surface area contributed by atoms with Crippen molar-refractivity contribution in [3.05, 3.63) is 53.6 Å². The van der Waals surface area contributed by atoms with Crippen LogP contribution in [0.2, 0.25) is 0 Å². The number of nitrogens with zero attached hydrogens (tertiary/aromatic N) is 3. The molecule has 1 aliphatic heterocycles. The smallest absolute Gasteiger partial charge is 0.254 e. The SMILES string of the molecule is COc1cc(C(=O)N2CCCN(c3ccccc3C#N)CC2)ccc1OCC(C)C. The summed E-state index contributed by atoms with van der Waals surface area (Å²) < 4.78 is 11.2. The van der Waals surface area contributed by atoms with Crippen LogP contribution >= 0.6 is 0 Å². The van der Waals surface area contributed by atoms with Crippen LogP contribution in [0.5, 0.6) is 11.5 Å². The third-order valence-electron chi connectivity index (χ3n) is 5.13. The first-order valence-electron chi connectivity index (χ1n) is 10.4. The third kappa shape index (κ3) is 5.04. The van der Waals surface area contributed by atoms with Crippen LogP contribution in [0.3, 0.4) is 0 Å². The van der Waals surface area contributed by atoms with Gasteiger partial charge < -0.3 is 19.3 Å². The number of amides is 1. The fourth-order valence-electron chi connectivity index (χ4n) is 3.56. The number of ether oxygens (including phenoxy) is 2. The van der Waals surface area contributed by atoms with E-state index in [1.54, 1.807) is 19.2 Å². The Morgan fingerprint density at radius 1 is 1.10 bits per heavy atom. The van der Waals surface area contributed by atoms with Gasteiger partial charge in [-0.05, 0) is 42.7 Å². The Kier molecular flexibility index (Phi) is 7.18. The number of carbonyl (C=O) groups is 1. The number of benzene rings is 2. The number of para-hydroxylation sites is 1. The van der Waals surface area contributed by atoms with E-state index >= 15 is 0 Å². The van der Waals surface area contributed by atoms with Crippen molar-refractivity contribution in [1.82, 2.24) is 4.90 Å². The summed E-state index contributed by atoms with van der Waals surface area (Å²) >= 11 is 0. The normalized spacial score (nSPS) is 14.2. The molecule has 1 aliphatic rings. The average Bonchev–Trinajstić information content (AvgIpc) is 3.03. The molecule has 158 valence electrons. The van der Waals surface area contributed by atoms with Gasteiger partial charge in [-0.2, -0.15) is 5.26 Å². The number of methoxy groups -OCH3 is 1. The lowest BCUT2D eigenvalue weighted by atomic mass is 10.1. The zero-order valence-corrected chi connectivity index (χ0v) is 17.9. The maximum Gasteiger partial charge on any atom is 0.254 e. The Balaban J connectivity index is 1.71. The second-order valence-electron chi connectivity index (χ2n) is 7.83. The molecule has 0 N–H and O–H groups in total. The van der Waals surface area contributed by atoms with E-state index in [0.29, 0.717) is 54.8 Å². The van der Waals surface area contributed by atoms with Crippen molar-refractivity contribution in [2.24, 2.45) is 5.92 Å². The Morgan fingerprint density at radius 3 is 2.63 bits per heavy atom. The molecule has 30 heavy (non-hydrogen) atoms. The van der Waals surface area contributed by atoms with E-state index in [4.69, 9.17) is 9.47 Å². The fourth-order valence-corrected chi connectivity index (χ4v) is 3.56. The first-order chi connectivity index (χ1) is 14.5. The molecule has 0 radical (unpaired) electrons. The molecule has 2 aromatic rings. The summed E-state index contributed by atoms with van der Waals surface area (Å²) in [5.41, 5.74) is 2.19. The number of rotatable bonds is 6. The number of hydrogen-bond donors (Lipinski definition) is 0. The van der Waals surface area contributed by atoms with E-state index in [2.05, 4.69) is 24.8 Å². The molecule has 0 aliphatic carbocycles. The van der Waals surface area contributed by atoms with E-state index in [1.807, 2.05) is 35.2 Å². The summed E-state index contributed by atoms with van der Waals surface area (Å²) in [4.78, 5) is 17.2. The summed E-state index contributed by atoms with van der Waals surface area (Å²) in [6.07, 6.45) is 0.845. The van der Waals surface area contributed by atoms with Gasteiger partial charge in [-0.25, -0.2) is 0 Å². The maximum atomic E-state index is 13.1. The van der Waals surface area contributed by atoms with E-state index in [0.717, 1.165) is 18.7 Å². The topological polar surface area (TPSA) is 65.8 Å². The number of nitriles is 1. The average molecular weight is 408 g/mol. The number of carbonyl (C=O) groups excluding carboxylic acids is 1. The lowest BCUT2D eigenvalue weighted by Gasteiger charge is -2.24. The van der Waals surface area contributed by atoms with Crippen molar-refractivity contribution in [3.8, 4) is 17.6 Å². The minimum Gasteiger partial charge on any atom is -0.493 e. The second kappa shape index (κ2) is 10.0. The van der Waals surface area contributed by atoms with Crippen LogP contribution in [-0.4, -0.2) is 50.7 Å². The highest BCUT2D eigenvalue weighted by Gasteiger charge is 2.22. The minimum atomic E-state index is -0.0147. The molecule has 6 heteroatoms. The zero-order chi connectivity index (χ0) is 21.5. The Bertz CT molecular complexity index is 920. The monoisotopic (exact) mass is 407 g/mol. The predicted molar refractivity (Wildman–Crippen MR) is 117 cm³/mol. The summed E-state index contributed by atoms with van der Waals surface area (Å²) in [5.74, 6) is 1.61. The first-order valence-corrected chi connectivity index (χ1v) is 10.4. The van der Waals surface area contributed by atoms with Gasteiger partial charge in [0.1, 0.15) is 6.07 Å². The highest BCUT2D eigenvalue weighted by molar-refractivity contribution is 5.95. The van der Waals surface area contributed by atoms with Gasteiger partial charge in [-0.3, -0.25) is 4.79 Å². The van der Waals surface area contributed by atoms with Crippen molar-refractivity contribution >= 4 is 11.6 Å². The standard InChI is InChI=1S/C24H29N3O3/c1-18(2)17-30-22-10-9-19(15-23(22)29-3)24(28)27-12-6-11-26(13-14-27)21-8-5-4-7-20(21)16-25/h4-5,7-10,15,18H,6,11-14,17H2,1-3H3. The molecule has 0 bridgehead atoms. The lowest BCUT2D eigenvalue weighted by molar-refractivity contribution is 0.0766. The molecule has 1 saturated heterocycles. The van der Waals surface area contributed by atoms with Gasteiger partial charge in [0.15, 0.2) is 11.5 Å². The highest BCUT2D eigenvalue weighted by atomic mass is 16.5. The van der Waals surface area contributed by atoms with Gasteiger partial charge >= 0.3 is 0 Å². The van der Waals surface area contributed by atoms with Crippen molar-refractivity contribution in [1.29, 1.82) is 5.26 Å². The number of hydrogen-bond acceptors (Lipinski definition) is 5. The third-order valence-corrected chi connectivity index (χ3v) is 5.13. The Labute approximate surface area is 178 Å². The molecule has 0 spiro atoms. The molecule has 0 saturated carbocycles. The summed E-state index contributed by atoms with van der Waals surface area (Å²) in [6, 6.07) is 15.2. The zero-order valence-electron chi connectivity index (χ0n) is 17.9. The van der Waals surface area contributed by atoms with Crippen LogP contribution in [0, 0.1) is 17.2 Å². The van der Waals surface area contributed by atoms with Crippen LogP contribution in [-0.2, 0) is 0 Å². The van der Waals surface area contributed by atoms with Gasteiger partial charge in [0.2, 0.25) is 0 Å². The van der Waals surface area contributed by atoms with E-state index in [1.165, 1.54) is 0 Å². The van der Waals surface area contributed by atoms with Gasteiger partial charge in [0, 0.05) is 31.7 Å². The van der Waals surface area contributed by atoms with E-state index < -0.39 is 0 Å².